The van der Waals surface area contributed by atoms with Crippen LogP contribution in [0.3, 0.4) is 0 Å². The Morgan fingerprint density at radius 2 is 1.97 bits per heavy atom. The summed E-state index contributed by atoms with van der Waals surface area (Å²) in [6.07, 6.45) is 2.46. The number of thiocarbonyl (C=S) groups is 1. The first kappa shape index (κ1) is 21.8. The number of aliphatic hydroxyl groups is 1. The van der Waals surface area contributed by atoms with E-state index in [0.29, 0.717) is 18.1 Å². The lowest BCUT2D eigenvalue weighted by Gasteiger charge is -2.28. The number of halogens is 1. The molecule has 1 fully saturated rings. The van der Waals surface area contributed by atoms with Crippen molar-refractivity contribution in [2.75, 3.05) is 13.2 Å². The summed E-state index contributed by atoms with van der Waals surface area (Å²) in [4.78, 5) is 6.79. The minimum atomic E-state index is -0.0678. The fraction of sp³-hybridized carbons (Fsp3) is 0.333. The molecule has 1 aliphatic rings. The van der Waals surface area contributed by atoms with Crippen LogP contribution in [-0.4, -0.2) is 37.8 Å². The van der Waals surface area contributed by atoms with Gasteiger partial charge >= 0.3 is 0 Å². The normalized spacial score (nSPS) is 18.5. The average molecular weight is 455 g/mol. The van der Waals surface area contributed by atoms with Crippen LogP contribution < -0.4 is 5.32 Å². The summed E-state index contributed by atoms with van der Waals surface area (Å²) >= 11 is 12.1. The Balaban J connectivity index is 1.84. The highest BCUT2D eigenvalue weighted by molar-refractivity contribution is 7.80. The SMILES string of the molecule is Cc1c(Cl)cccc1-n1c(C)cc([C@@H]2[C@@H](c3ccccn3)NC(=S)N2CCCO)c1C. The van der Waals surface area contributed by atoms with Crippen LogP contribution in [0.25, 0.3) is 5.69 Å². The van der Waals surface area contributed by atoms with Crippen molar-refractivity contribution in [3.8, 4) is 5.69 Å². The van der Waals surface area contributed by atoms with Gasteiger partial charge in [-0.1, -0.05) is 23.7 Å². The molecule has 31 heavy (non-hydrogen) atoms. The molecule has 0 saturated carbocycles. The van der Waals surface area contributed by atoms with E-state index in [1.807, 2.05) is 43.5 Å². The lowest BCUT2D eigenvalue weighted by Crippen LogP contribution is -2.31. The molecular weight excluding hydrogens is 428 g/mol. The molecular formula is C24H27ClN4OS. The number of hydrogen-bond donors (Lipinski definition) is 2. The molecule has 3 heterocycles. The molecule has 2 aromatic heterocycles. The quantitative estimate of drug-likeness (QED) is 0.523. The molecule has 0 amide bonds. The Bertz CT molecular complexity index is 1100. The molecule has 5 nitrogen and oxygen atoms in total. The maximum absolute atomic E-state index is 9.44. The number of rotatable bonds is 6. The fourth-order valence-corrected chi connectivity index (χ4v) is 5.02. The van der Waals surface area contributed by atoms with Gasteiger partial charge in [-0.05, 0) is 80.9 Å². The van der Waals surface area contributed by atoms with E-state index < -0.39 is 0 Å². The van der Waals surface area contributed by atoms with Gasteiger partial charge in [0.15, 0.2) is 5.11 Å². The molecule has 162 valence electrons. The van der Waals surface area contributed by atoms with Crippen molar-refractivity contribution >= 4 is 28.9 Å². The van der Waals surface area contributed by atoms with Crippen LogP contribution in [0.4, 0.5) is 0 Å². The Labute approximate surface area is 193 Å². The van der Waals surface area contributed by atoms with Gasteiger partial charge in [0.05, 0.1) is 17.8 Å². The Hall–Kier alpha value is -2.41. The van der Waals surface area contributed by atoms with Crippen molar-refractivity contribution < 1.29 is 5.11 Å². The predicted octanol–water partition coefficient (Wildman–Crippen LogP) is 4.81. The molecule has 1 saturated heterocycles. The van der Waals surface area contributed by atoms with E-state index in [0.717, 1.165) is 33.4 Å². The molecule has 3 aromatic rings. The summed E-state index contributed by atoms with van der Waals surface area (Å²) < 4.78 is 2.26. The molecule has 0 bridgehead atoms. The van der Waals surface area contributed by atoms with Crippen LogP contribution in [0, 0.1) is 20.8 Å². The maximum atomic E-state index is 9.44. The summed E-state index contributed by atoms with van der Waals surface area (Å²) in [5.41, 5.74) is 6.56. The second-order valence-corrected chi connectivity index (χ2v) is 8.74. The van der Waals surface area contributed by atoms with E-state index in [9.17, 15) is 5.11 Å². The number of hydrogen-bond acceptors (Lipinski definition) is 3. The van der Waals surface area contributed by atoms with Gasteiger partial charge in [0, 0.05) is 41.4 Å². The molecule has 1 aliphatic heterocycles. The number of nitrogens with zero attached hydrogens (tertiary/aromatic N) is 3. The molecule has 0 aliphatic carbocycles. The van der Waals surface area contributed by atoms with Crippen molar-refractivity contribution in [2.45, 2.75) is 39.3 Å². The molecule has 2 atom stereocenters. The minimum Gasteiger partial charge on any atom is -0.396 e. The van der Waals surface area contributed by atoms with E-state index in [-0.39, 0.29) is 18.7 Å². The monoisotopic (exact) mass is 454 g/mol. The van der Waals surface area contributed by atoms with Crippen molar-refractivity contribution in [1.82, 2.24) is 19.8 Å². The van der Waals surface area contributed by atoms with E-state index in [1.54, 1.807) is 0 Å². The van der Waals surface area contributed by atoms with Gasteiger partial charge in [-0.15, -0.1) is 0 Å². The topological polar surface area (TPSA) is 53.3 Å². The highest BCUT2D eigenvalue weighted by atomic mass is 35.5. The summed E-state index contributed by atoms with van der Waals surface area (Å²) in [5, 5.41) is 14.4. The van der Waals surface area contributed by atoms with Crippen LogP contribution in [0.1, 0.15) is 46.7 Å². The van der Waals surface area contributed by atoms with Crippen molar-refractivity contribution in [3.05, 3.63) is 81.9 Å². The van der Waals surface area contributed by atoms with Gasteiger partial charge in [-0.25, -0.2) is 0 Å². The van der Waals surface area contributed by atoms with Crippen LogP contribution in [0.15, 0.2) is 48.7 Å². The van der Waals surface area contributed by atoms with Gasteiger partial charge in [-0.3, -0.25) is 4.98 Å². The Morgan fingerprint density at radius 3 is 2.68 bits per heavy atom. The predicted molar refractivity (Wildman–Crippen MR) is 129 cm³/mol. The Kier molecular flexibility index (Phi) is 6.32. The van der Waals surface area contributed by atoms with E-state index in [4.69, 9.17) is 23.8 Å². The first-order chi connectivity index (χ1) is 14.9. The van der Waals surface area contributed by atoms with E-state index >= 15 is 0 Å². The van der Waals surface area contributed by atoms with Gasteiger partial charge in [0.2, 0.25) is 0 Å². The molecule has 0 radical (unpaired) electrons. The first-order valence-corrected chi connectivity index (χ1v) is 11.3. The lowest BCUT2D eigenvalue weighted by molar-refractivity contribution is 0.247. The van der Waals surface area contributed by atoms with Gasteiger partial charge in [0.1, 0.15) is 0 Å². The van der Waals surface area contributed by atoms with Crippen LogP contribution >= 0.6 is 23.8 Å². The third-order valence-corrected chi connectivity index (χ3v) is 6.79. The lowest BCUT2D eigenvalue weighted by atomic mass is 9.96. The largest absolute Gasteiger partial charge is 0.396 e. The number of nitrogens with one attached hydrogen (secondary N) is 1. The second kappa shape index (κ2) is 8.99. The van der Waals surface area contributed by atoms with Gasteiger partial charge in [0.25, 0.3) is 0 Å². The highest BCUT2D eigenvalue weighted by Gasteiger charge is 2.41. The summed E-state index contributed by atoms with van der Waals surface area (Å²) in [6.45, 7) is 7.11. The zero-order chi connectivity index (χ0) is 22.1. The zero-order valence-electron chi connectivity index (χ0n) is 18.0. The summed E-state index contributed by atoms with van der Waals surface area (Å²) in [5.74, 6) is 0. The van der Waals surface area contributed by atoms with Crippen molar-refractivity contribution in [1.29, 1.82) is 0 Å². The molecule has 0 unspecified atom stereocenters. The van der Waals surface area contributed by atoms with E-state index in [1.165, 1.54) is 5.56 Å². The number of aliphatic hydroxyl groups excluding tert-OH is 1. The second-order valence-electron chi connectivity index (χ2n) is 7.94. The highest BCUT2D eigenvalue weighted by Crippen LogP contribution is 2.41. The standard InChI is InChI=1S/C24H27ClN4OS/c1-15-14-18(17(3)29(15)21-10-6-8-19(25)16(21)2)23-22(20-9-4-5-11-26-20)27-24(31)28(23)12-7-13-30/h4-6,8-11,14,22-23,30H,7,12-13H2,1-3H3,(H,27,31)/t22-,23-/m1/s1. The molecule has 2 N–H and O–H groups in total. The van der Waals surface area contributed by atoms with Crippen molar-refractivity contribution in [2.24, 2.45) is 0 Å². The number of aromatic nitrogens is 2. The fourth-order valence-electron chi connectivity index (χ4n) is 4.52. The van der Waals surface area contributed by atoms with Crippen LogP contribution in [-0.2, 0) is 0 Å². The Morgan fingerprint density at radius 1 is 1.16 bits per heavy atom. The average Bonchev–Trinajstić information content (AvgIpc) is 3.24. The maximum Gasteiger partial charge on any atom is 0.170 e. The molecule has 1 aromatic carbocycles. The van der Waals surface area contributed by atoms with Crippen LogP contribution in [0.5, 0.6) is 0 Å². The minimum absolute atomic E-state index is 0.0200. The van der Waals surface area contributed by atoms with E-state index in [2.05, 4.69) is 45.7 Å². The summed E-state index contributed by atoms with van der Waals surface area (Å²) in [7, 11) is 0. The zero-order valence-corrected chi connectivity index (χ0v) is 19.5. The third kappa shape index (κ3) is 3.95. The number of benzene rings is 1. The van der Waals surface area contributed by atoms with Gasteiger partial charge < -0.3 is 19.9 Å². The molecule has 4 rings (SSSR count). The molecule has 0 spiro atoms. The smallest absolute Gasteiger partial charge is 0.170 e. The van der Waals surface area contributed by atoms with Crippen molar-refractivity contribution in [3.63, 3.8) is 0 Å². The molecule has 7 heteroatoms. The van der Waals surface area contributed by atoms with Crippen LogP contribution in [0.2, 0.25) is 5.02 Å². The van der Waals surface area contributed by atoms with Gasteiger partial charge in [-0.2, -0.15) is 0 Å². The third-order valence-electron chi connectivity index (χ3n) is 6.02. The first-order valence-electron chi connectivity index (χ1n) is 10.5. The number of pyridine rings is 1. The number of aryl methyl sites for hydroxylation is 1. The summed E-state index contributed by atoms with van der Waals surface area (Å²) in [6, 6.07) is 14.1.